The number of nitrogens with zero attached hydrogens (tertiary/aromatic N) is 3. The second-order valence-corrected chi connectivity index (χ2v) is 9.20. The van der Waals surface area contributed by atoms with Gasteiger partial charge in [0.25, 0.3) is 0 Å². The number of hydrogen-bond acceptors (Lipinski definition) is 5. The summed E-state index contributed by atoms with van der Waals surface area (Å²) in [5.41, 5.74) is -1.16. The van der Waals surface area contributed by atoms with E-state index in [1.54, 1.807) is 14.7 Å². The van der Waals surface area contributed by atoms with Gasteiger partial charge in [-0.3, -0.25) is 14.4 Å². The van der Waals surface area contributed by atoms with Crippen molar-refractivity contribution in [3.05, 3.63) is 24.3 Å². The molecule has 176 valence electrons. The Morgan fingerprint density at radius 2 is 1.72 bits per heavy atom. The summed E-state index contributed by atoms with van der Waals surface area (Å²) in [5.74, 6) is -1.80. The molecule has 5 atom stereocenters. The van der Waals surface area contributed by atoms with Crippen molar-refractivity contribution >= 4 is 17.7 Å². The van der Waals surface area contributed by atoms with Crippen LogP contribution in [0.3, 0.4) is 0 Å². The summed E-state index contributed by atoms with van der Waals surface area (Å²) >= 11 is 0. The van der Waals surface area contributed by atoms with E-state index < -0.39 is 29.6 Å². The van der Waals surface area contributed by atoms with E-state index in [-0.39, 0.29) is 30.9 Å². The minimum Gasteiger partial charge on any atom is -0.396 e. The normalized spacial score (nSPS) is 34.0. The first-order chi connectivity index (χ1) is 15.5. The standard InChI is InChI=1S/C24H35N3O5/c1-3-5-12-26-14-7-10-24-19(22(30)27(15-8-16-28)20(24)23(26)31)18-17(32-24)9-6-13-25(11-4-2)21(18)29/h6-7,9-10,17-20,28H,3-5,8,11-16H2,1-2H3/t17-,18+,19-,20?,24-/m0/s1. The van der Waals surface area contributed by atoms with Gasteiger partial charge in [-0.25, -0.2) is 0 Å². The molecule has 32 heavy (non-hydrogen) atoms. The Hall–Kier alpha value is -2.19. The van der Waals surface area contributed by atoms with Gasteiger partial charge in [-0.1, -0.05) is 44.6 Å². The molecular weight excluding hydrogens is 410 g/mol. The third-order valence-electron chi connectivity index (χ3n) is 7.16. The van der Waals surface area contributed by atoms with Crippen molar-refractivity contribution in [2.75, 3.05) is 39.3 Å². The van der Waals surface area contributed by atoms with Crippen LogP contribution in [-0.4, -0.2) is 94.6 Å². The molecule has 8 heteroatoms. The average Bonchev–Trinajstić information content (AvgIpc) is 3.10. The molecule has 2 saturated heterocycles. The number of aliphatic hydroxyl groups is 1. The molecule has 0 aromatic rings. The van der Waals surface area contributed by atoms with Gasteiger partial charge in [0.2, 0.25) is 17.7 Å². The average molecular weight is 446 g/mol. The molecule has 0 bridgehead atoms. The van der Waals surface area contributed by atoms with Crippen LogP contribution in [0.1, 0.15) is 39.5 Å². The maximum atomic E-state index is 13.8. The van der Waals surface area contributed by atoms with Crippen LogP contribution in [0.25, 0.3) is 0 Å². The number of fused-ring (bicyclic) bond motifs is 2. The Morgan fingerprint density at radius 3 is 2.44 bits per heavy atom. The number of unbranched alkanes of at least 4 members (excludes halogenated alkanes) is 1. The number of amides is 3. The first kappa shape index (κ1) is 23.0. The summed E-state index contributed by atoms with van der Waals surface area (Å²) < 4.78 is 6.55. The lowest BCUT2D eigenvalue weighted by Gasteiger charge is -2.35. The van der Waals surface area contributed by atoms with E-state index in [0.29, 0.717) is 32.6 Å². The number of ether oxygens (including phenoxy) is 1. The molecule has 0 radical (unpaired) electrons. The molecule has 0 aliphatic carbocycles. The van der Waals surface area contributed by atoms with Crippen molar-refractivity contribution in [2.45, 2.75) is 57.3 Å². The van der Waals surface area contributed by atoms with Crippen LogP contribution in [0, 0.1) is 11.8 Å². The van der Waals surface area contributed by atoms with Crippen molar-refractivity contribution in [1.82, 2.24) is 14.7 Å². The van der Waals surface area contributed by atoms with E-state index >= 15 is 0 Å². The Morgan fingerprint density at radius 1 is 0.969 bits per heavy atom. The van der Waals surface area contributed by atoms with Crippen molar-refractivity contribution in [1.29, 1.82) is 0 Å². The lowest BCUT2D eigenvalue weighted by molar-refractivity contribution is -0.148. The van der Waals surface area contributed by atoms with Crippen LogP contribution < -0.4 is 0 Å². The third kappa shape index (κ3) is 3.57. The molecule has 0 aromatic heterocycles. The highest BCUT2D eigenvalue weighted by molar-refractivity contribution is 5.99. The van der Waals surface area contributed by atoms with Crippen LogP contribution in [-0.2, 0) is 19.1 Å². The summed E-state index contributed by atoms with van der Waals surface area (Å²) in [6.45, 7) is 6.52. The summed E-state index contributed by atoms with van der Waals surface area (Å²) in [4.78, 5) is 46.2. The highest BCUT2D eigenvalue weighted by Crippen LogP contribution is 2.53. The van der Waals surface area contributed by atoms with Gasteiger partial charge in [-0.15, -0.1) is 0 Å². The Bertz CT molecular complexity index is 811. The number of carbonyl (C=O) groups excluding carboxylic acids is 3. The summed E-state index contributed by atoms with van der Waals surface area (Å²) in [7, 11) is 0. The van der Waals surface area contributed by atoms with Crippen molar-refractivity contribution < 1.29 is 24.2 Å². The van der Waals surface area contributed by atoms with E-state index in [1.165, 1.54) is 0 Å². The maximum Gasteiger partial charge on any atom is 0.249 e. The fourth-order valence-electron chi connectivity index (χ4n) is 5.74. The molecule has 4 rings (SSSR count). The smallest absolute Gasteiger partial charge is 0.249 e. The highest BCUT2D eigenvalue weighted by Gasteiger charge is 2.71. The second kappa shape index (κ2) is 9.35. The molecule has 1 unspecified atom stereocenters. The van der Waals surface area contributed by atoms with Gasteiger partial charge < -0.3 is 24.5 Å². The summed E-state index contributed by atoms with van der Waals surface area (Å²) in [5, 5.41) is 9.41. The molecule has 2 fully saturated rings. The van der Waals surface area contributed by atoms with Gasteiger partial charge in [0.15, 0.2) is 0 Å². The second-order valence-electron chi connectivity index (χ2n) is 9.20. The highest BCUT2D eigenvalue weighted by atomic mass is 16.5. The first-order valence-electron chi connectivity index (χ1n) is 12.0. The van der Waals surface area contributed by atoms with Crippen LogP contribution in [0.2, 0.25) is 0 Å². The Labute approximate surface area is 189 Å². The van der Waals surface area contributed by atoms with Gasteiger partial charge in [-0.05, 0) is 19.3 Å². The van der Waals surface area contributed by atoms with Crippen LogP contribution in [0.4, 0.5) is 0 Å². The van der Waals surface area contributed by atoms with E-state index in [9.17, 15) is 19.5 Å². The zero-order valence-electron chi connectivity index (χ0n) is 19.1. The van der Waals surface area contributed by atoms with E-state index in [2.05, 4.69) is 6.92 Å². The van der Waals surface area contributed by atoms with Crippen molar-refractivity contribution in [3.8, 4) is 0 Å². The summed E-state index contributed by atoms with van der Waals surface area (Å²) in [6, 6.07) is -0.810. The molecule has 8 nitrogen and oxygen atoms in total. The monoisotopic (exact) mass is 445 g/mol. The lowest BCUT2D eigenvalue weighted by Crippen LogP contribution is -2.55. The minimum absolute atomic E-state index is 0.0728. The first-order valence-corrected chi connectivity index (χ1v) is 12.0. The molecule has 4 aliphatic rings. The van der Waals surface area contributed by atoms with Crippen LogP contribution >= 0.6 is 0 Å². The molecule has 4 heterocycles. The Kier molecular flexibility index (Phi) is 6.72. The SMILES string of the molecule is CCCCN1CC=C[C@]23O[C@H]4C=CCN(CCC)C(=O)[C@H]4[C@H]2C(=O)N(CCCO)C3C1=O. The topological polar surface area (TPSA) is 90.4 Å². The van der Waals surface area contributed by atoms with Gasteiger partial charge >= 0.3 is 0 Å². The van der Waals surface area contributed by atoms with E-state index in [4.69, 9.17) is 4.74 Å². The largest absolute Gasteiger partial charge is 0.396 e. The number of aliphatic hydroxyl groups excluding tert-OH is 1. The van der Waals surface area contributed by atoms with Gasteiger partial charge in [0.05, 0.1) is 17.9 Å². The third-order valence-corrected chi connectivity index (χ3v) is 7.16. The van der Waals surface area contributed by atoms with Crippen molar-refractivity contribution in [2.24, 2.45) is 11.8 Å². The minimum atomic E-state index is -1.16. The number of likely N-dealkylation sites (tertiary alicyclic amines) is 1. The molecule has 1 spiro atoms. The van der Waals surface area contributed by atoms with E-state index in [1.807, 2.05) is 31.2 Å². The maximum absolute atomic E-state index is 13.8. The molecule has 3 amide bonds. The Balaban J connectivity index is 1.76. The molecule has 4 aliphatic heterocycles. The predicted molar refractivity (Wildman–Crippen MR) is 118 cm³/mol. The zero-order valence-corrected chi connectivity index (χ0v) is 19.1. The zero-order chi connectivity index (χ0) is 22.9. The van der Waals surface area contributed by atoms with Gasteiger partial charge in [-0.2, -0.15) is 0 Å². The molecule has 0 saturated carbocycles. The fraction of sp³-hybridized carbons (Fsp3) is 0.708. The number of rotatable bonds is 8. The van der Waals surface area contributed by atoms with Crippen LogP contribution in [0.15, 0.2) is 24.3 Å². The quantitative estimate of drug-likeness (QED) is 0.562. The number of carbonyl (C=O) groups is 3. The van der Waals surface area contributed by atoms with Gasteiger partial charge in [0.1, 0.15) is 11.6 Å². The lowest BCUT2D eigenvalue weighted by atomic mass is 9.77. The van der Waals surface area contributed by atoms with Crippen LogP contribution in [0.5, 0.6) is 0 Å². The predicted octanol–water partition coefficient (Wildman–Crippen LogP) is 0.957. The molecule has 0 aromatic carbocycles. The molecule has 1 N–H and O–H groups in total. The summed E-state index contributed by atoms with van der Waals surface area (Å²) in [6.07, 6.45) is 10.2. The molecular formula is C24H35N3O5. The van der Waals surface area contributed by atoms with Crippen molar-refractivity contribution in [3.63, 3.8) is 0 Å². The van der Waals surface area contributed by atoms with E-state index in [0.717, 1.165) is 19.3 Å². The fourth-order valence-corrected chi connectivity index (χ4v) is 5.74. The van der Waals surface area contributed by atoms with Gasteiger partial charge in [0, 0.05) is 39.3 Å². The number of hydrogen-bond donors (Lipinski definition) is 1.